The largest absolute Gasteiger partial charge is 0.446 e. The average Bonchev–Trinajstić information content (AvgIpc) is 3.12. The summed E-state index contributed by atoms with van der Waals surface area (Å²) in [4.78, 5) is 41.5. The first kappa shape index (κ1) is 16.9. The predicted molar refractivity (Wildman–Crippen MR) is 89.0 cm³/mol. The first-order chi connectivity index (χ1) is 12.1. The minimum atomic E-state index is -0.291. The van der Waals surface area contributed by atoms with Crippen LogP contribution in [0.15, 0.2) is 34.9 Å². The fourth-order valence-electron chi connectivity index (χ4n) is 2.75. The van der Waals surface area contributed by atoms with Crippen LogP contribution >= 0.6 is 0 Å². The maximum Gasteiger partial charge on any atom is 0.261 e. The molecule has 0 radical (unpaired) electrons. The molecule has 0 saturated carbocycles. The number of benzene rings is 1. The second-order valence-electron chi connectivity index (χ2n) is 5.88. The average molecular weight is 341 g/mol. The highest BCUT2D eigenvalue weighted by Gasteiger charge is 2.34. The number of oxazole rings is 1. The van der Waals surface area contributed by atoms with Gasteiger partial charge in [0.25, 0.3) is 11.8 Å². The van der Waals surface area contributed by atoms with Crippen molar-refractivity contribution in [2.45, 2.75) is 26.2 Å². The summed E-state index contributed by atoms with van der Waals surface area (Å²) in [6, 6.07) is 6.76. The van der Waals surface area contributed by atoms with Crippen LogP contribution in [0.5, 0.6) is 0 Å². The maximum atomic E-state index is 12.2. The fourth-order valence-corrected chi connectivity index (χ4v) is 2.75. The lowest BCUT2D eigenvalue weighted by Crippen LogP contribution is -2.32. The molecule has 0 spiro atoms. The molecular weight excluding hydrogens is 322 g/mol. The number of nitrogens with one attached hydrogen (secondary N) is 1. The minimum absolute atomic E-state index is 0.125. The predicted octanol–water partition coefficient (Wildman–Crippen LogP) is 1.72. The van der Waals surface area contributed by atoms with Gasteiger partial charge in [0.2, 0.25) is 5.91 Å². The third-order valence-corrected chi connectivity index (χ3v) is 3.99. The molecule has 7 nitrogen and oxygen atoms in total. The van der Waals surface area contributed by atoms with Crippen LogP contribution in [0.3, 0.4) is 0 Å². The van der Waals surface area contributed by atoms with E-state index in [0.29, 0.717) is 36.4 Å². The van der Waals surface area contributed by atoms with E-state index in [1.165, 1.54) is 4.90 Å². The Kier molecular flexibility index (Phi) is 4.92. The summed E-state index contributed by atoms with van der Waals surface area (Å²) in [7, 11) is 0. The Morgan fingerprint density at radius 3 is 2.48 bits per heavy atom. The second-order valence-corrected chi connectivity index (χ2v) is 5.88. The topological polar surface area (TPSA) is 92.5 Å². The fraction of sp³-hybridized carbons (Fsp3) is 0.333. The van der Waals surface area contributed by atoms with Gasteiger partial charge in [-0.2, -0.15) is 0 Å². The normalized spacial score (nSPS) is 13.2. The summed E-state index contributed by atoms with van der Waals surface area (Å²) in [6.45, 7) is 2.48. The van der Waals surface area contributed by atoms with Gasteiger partial charge in [0.15, 0.2) is 5.89 Å². The molecule has 130 valence electrons. The van der Waals surface area contributed by atoms with Gasteiger partial charge in [-0.1, -0.05) is 12.1 Å². The molecule has 3 amide bonds. The van der Waals surface area contributed by atoms with Crippen LogP contribution in [0.25, 0.3) is 0 Å². The van der Waals surface area contributed by atoms with Gasteiger partial charge in [0.05, 0.1) is 17.3 Å². The van der Waals surface area contributed by atoms with Crippen molar-refractivity contribution in [3.05, 3.63) is 53.2 Å². The van der Waals surface area contributed by atoms with Gasteiger partial charge in [0, 0.05) is 25.9 Å². The number of nitrogens with zero attached hydrogens (tertiary/aromatic N) is 2. The Hall–Kier alpha value is -2.96. The molecule has 0 saturated heterocycles. The van der Waals surface area contributed by atoms with E-state index in [0.717, 1.165) is 5.76 Å². The van der Waals surface area contributed by atoms with E-state index in [-0.39, 0.29) is 30.7 Å². The second kappa shape index (κ2) is 7.29. The van der Waals surface area contributed by atoms with Crippen molar-refractivity contribution < 1.29 is 18.8 Å². The quantitative estimate of drug-likeness (QED) is 0.774. The zero-order valence-corrected chi connectivity index (χ0v) is 13.9. The molecule has 0 fully saturated rings. The molecule has 7 heteroatoms. The Bertz CT molecular complexity index is 777. The van der Waals surface area contributed by atoms with Gasteiger partial charge in [0.1, 0.15) is 5.76 Å². The summed E-state index contributed by atoms with van der Waals surface area (Å²) in [5.41, 5.74) is 0.858. The number of carbonyl (C=O) groups excluding carboxylic acids is 3. The highest BCUT2D eigenvalue weighted by atomic mass is 16.4. The molecule has 25 heavy (non-hydrogen) atoms. The summed E-state index contributed by atoms with van der Waals surface area (Å²) in [5, 5.41) is 2.78. The van der Waals surface area contributed by atoms with E-state index in [1.54, 1.807) is 30.5 Å². The summed E-state index contributed by atoms with van der Waals surface area (Å²) >= 11 is 0. The molecule has 2 heterocycles. The number of carbonyl (C=O) groups is 3. The Morgan fingerprint density at radius 1 is 1.20 bits per heavy atom. The monoisotopic (exact) mass is 341 g/mol. The molecule has 1 aliphatic heterocycles. The molecule has 1 aliphatic rings. The van der Waals surface area contributed by atoms with Gasteiger partial charge in [-0.3, -0.25) is 19.3 Å². The van der Waals surface area contributed by atoms with Crippen molar-refractivity contribution in [2.75, 3.05) is 13.1 Å². The third-order valence-electron chi connectivity index (χ3n) is 3.99. The van der Waals surface area contributed by atoms with Crippen LogP contribution < -0.4 is 5.32 Å². The maximum absolute atomic E-state index is 12.2. The zero-order chi connectivity index (χ0) is 17.8. The highest BCUT2D eigenvalue weighted by Crippen LogP contribution is 2.22. The summed E-state index contributed by atoms with van der Waals surface area (Å²) in [5.74, 6) is 0.617. The number of hydrogen-bond donors (Lipinski definition) is 1. The molecule has 1 N–H and O–H groups in total. The van der Waals surface area contributed by atoms with Crippen molar-refractivity contribution in [3.8, 4) is 0 Å². The van der Waals surface area contributed by atoms with Crippen molar-refractivity contribution >= 4 is 17.7 Å². The highest BCUT2D eigenvalue weighted by molar-refractivity contribution is 6.21. The number of hydrogen-bond acceptors (Lipinski definition) is 5. The van der Waals surface area contributed by atoms with Gasteiger partial charge >= 0.3 is 0 Å². The van der Waals surface area contributed by atoms with Gasteiger partial charge in [-0.15, -0.1) is 0 Å². The first-order valence-electron chi connectivity index (χ1n) is 8.19. The molecule has 3 rings (SSSR count). The Labute approximate surface area is 145 Å². The van der Waals surface area contributed by atoms with Crippen molar-refractivity contribution in [2.24, 2.45) is 0 Å². The van der Waals surface area contributed by atoms with Gasteiger partial charge in [-0.05, 0) is 25.5 Å². The molecule has 0 aliphatic carbocycles. The molecule has 2 aromatic rings. The van der Waals surface area contributed by atoms with E-state index in [4.69, 9.17) is 4.42 Å². The number of amides is 3. The van der Waals surface area contributed by atoms with Crippen molar-refractivity contribution in [3.63, 3.8) is 0 Å². The lowest BCUT2D eigenvalue weighted by atomic mass is 10.1. The first-order valence-corrected chi connectivity index (χ1v) is 8.19. The molecular formula is C18H19N3O4. The van der Waals surface area contributed by atoms with Gasteiger partial charge < -0.3 is 9.73 Å². The van der Waals surface area contributed by atoms with E-state index in [1.807, 2.05) is 6.92 Å². The lowest BCUT2D eigenvalue weighted by Gasteiger charge is -2.13. The number of rotatable bonds is 7. The van der Waals surface area contributed by atoms with Crippen molar-refractivity contribution in [1.29, 1.82) is 0 Å². The molecule has 1 aromatic heterocycles. The summed E-state index contributed by atoms with van der Waals surface area (Å²) in [6.07, 6.45) is 2.84. The Morgan fingerprint density at radius 2 is 1.88 bits per heavy atom. The van der Waals surface area contributed by atoms with Gasteiger partial charge in [-0.25, -0.2) is 4.98 Å². The molecule has 0 unspecified atom stereocenters. The smallest absolute Gasteiger partial charge is 0.261 e. The van der Waals surface area contributed by atoms with Crippen LogP contribution in [0.1, 0.15) is 45.2 Å². The molecule has 0 bridgehead atoms. The van der Waals surface area contributed by atoms with E-state index in [2.05, 4.69) is 10.3 Å². The number of fused-ring (bicyclic) bond motifs is 1. The standard InChI is InChI=1S/C18H19N3O4/c1-12-11-20-16(25-12)8-9-19-15(22)7-4-10-21-17(23)13-5-2-3-6-14(13)18(21)24/h2-3,5-6,11H,4,7-10H2,1H3,(H,19,22). The van der Waals surface area contributed by atoms with Crippen molar-refractivity contribution in [1.82, 2.24) is 15.2 Å². The number of aromatic nitrogens is 1. The summed E-state index contributed by atoms with van der Waals surface area (Å²) < 4.78 is 5.32. The van der Waals surface area contributed by atoms with E-state index in [9.17, 15) is 14.4 Å². The van der Waals surface area contributed by atoms with Crippen LogP contribution in [0.4, 0.5) is 0 Å². The SMILES string of the molecule is Cc1cnc(CCNC(=O)CCCN2C(=O)c3ccccc3C2=O)o1. The number of imide groups is 1. The van der Waals surface area contributed by atoms with Crippen LogP contribution in [-0.2, 0) is 11.2 Å². The molecule has 1 aromatic carbocycles. The number of aryl methyl sites for hydroxylation is 1. The lowest BCUT2D eigenvalue weighted by molar-refractivity contribution is -0.121. The van der Waals surface area contributed by atoms with Crippen LogP contribution in [-0.4, -0.2) is 40.7 Å². The van der Waals surface area contributed by atoms with Crippen LogP contribution in [0.2, 0.25) is 0 Å². The zero-order valence-electron chi connectivity index (χ0n) is 13.9. The minimum Gasteiger partial charge on any atom is -0.446 e. The van der Waals surface area contributed by atoms with Crippen LogP contribution in [0, 0.1) is 6.92 Å². The Balaban J connectivity index is 1.40. The molecule has 0 atom stereocenters. The van der Waals surface area contributed by atoms with E-state index >= 15 is 0 Å². The van der Waals surface area contributed by atoms with E-state index < -0.39 is 0 Å². The third kappa shape index (κ3) is 3.76.